The highest BCUT2D eigenvalue weighted by Crippen LogP contribution is 2.37. The van der Waals surface area contributed by atoms with Crippen LogP contribution in [0.4, 0.5) is 9.18 Å². The first-order valence-electron chi connectivity index (χ1n) is 15.2. The molecular weight excluding hydrogens is 767 g/mol. The van der Waals surface area contributed by atoms with Crippen LogP contribution in [-0.4, -0.2) is 77.3 Å². The lowest BCUT2D eigenvalue weighted by molar-refractivity contribution is -0.157. The molecule has 2 aromatic rings. The Kier molecular flexibility index (Phi) is 13.3. The van der Waals surface area contributed by atoms with Crippen molar-refractivity contribution in [2.24, 2.45) is 5.92 Å². The van der Waals surface area contributed by atoms with Crippen LogP contribution in [0.25, 0.3) is 0 Å². The number of nitrogens with one attached hydrogen (secondary N) is 3. The maximum absolute atomic E-state index is 16.2. The fraction of sp³-hybridized carbons (Fsp3) is 0.581. The third-order valence-electron chi connectivity index (χ3n) is 7.17. The smallest absolute Gasteiger partial charge is 0.408 e. The molecule has 0 spiro atoms. The minimum absolute atomic E-state index is 0.193. The molecule has 3 N–H and O–H groups in total. The van der Waals surface area contributed by atoms with E-state index in [0.29, 0.717) is 20.4 Å². The first kappa shape index (κ1) is 39.0. The van der Waals surface area contributed by atoms with Gasteiger partial charge in [0.25, 0.3) is 11.5 Å². The number of carbonyl (C=O) groups excluding carboxylic acids is 3. The summed E-state index contributed by atoms with van der Waals surface area (Å²) in [5.74, 6) is -1.32. The third-order valence-corrected chi connectivity index (χ3v) is 8.40. The number of esters is 1. The highest BCUT2D eigenvalue weighted by atomic mass is 79.9. The largest absolute Gasteiger partial charge is 0.495 e. The molecule has 48 heavy (non-hydrogen) atoms. The highest BCUT2D eigenvalue weighted by molar-refractivity contribution is 9.11. The lowest BCUT2D eigenvalue weighted by Crippen LogP contribution is -2.50. The second kappa shape index (κ2) is 16.3. The molecular formula is C31H41Br2FN4O10. The Labute approximate surface area is 293 Å². The number of nitrogens with zero attached hydrogens (tertiary/aromatic N) is 1. The van der Waals surface area contributed by atoms with Gasteiger partial charge in [-0.05, 0) is 78.0 Å². The number of ether oxygens (including phenoxy) is 5. The normalized spacial score (nSPS) is 20.5. The van der Waals surface area contributed by atoms with E-state index in [1.54, 1.807) is 53.7 Å². The number of alkyl carbamates (subject to hydrolysis) is 1. The fourth-order valence-electron chi connectivity index (χ4n) is 4.68. The first-order valence-corrected chi connectivity index (χ1v) is 16.8. The molecule has 2 amide bonds. The van der Waals surface area contributed by atoms with E-state index >= 15 is 4.39 Å². The Morgan fingerprint density at radius 1 is 1.10 bits per heavy atom. The van der Waals surface area contributed by atoms with Crippen molar-refractivity contribution in [1.29, 1.82) is 0 Å². The summed E-state index contributed by atoms with van der Waals surface area (Å²) >= 11 is 6.75. The second-order valence-electron chi connectivity index (χ2n) is 12.4. The number of halogens is 3. The molecule has 0 unspecified atom stereocenters. The van der Waals surface area contributed by atoms with E-state index in [9.17, 15) is 24.0 Å². The number of hydrogen-bond acceptors (Lipinski definition) is 10. The Balaban J connectivity index is 1.86. The van der Waals surface area contributed by atoms with Crippen LogP contribution in [-0.2, 0) is 30.2 Å². The summed E-state index contributed by atoms with van der Waals surface area (Å²) in [5, 5.41) is 5.08. The summed E-state index contributed by atoms with van der Waals surface area (Å²) in [7, 11) is 1.48. The predicted octanol–water partition coefficient (Wildman–Crippen LogP) is 3.91. The zero-order valence-corrected chi connectivity index (χ0v) is 31.0. The minimum Gasteiger partial charge on any atom is -0.495 e. The molecule has 1 aliphatic heterocycles. The molecule has 1 aliphatic rings. The van der Waals surface area contributed by atoms with Crippen molar-refractivity contribution in [2.45, 2.75) is 97.2 Å². The Morgan fingerprint density at radius 2 is 1.75 bits per heavy atom. The third kappa shape index (κ3) is 9.81. The van der Waals surface area contributed by atoms with Gasteiger partial charge >= 0.3 is 17.8 Å². The number of carbonyl (C=O) groups is 3. The van der Waals surface area contributed by atoms with Crippen LogP contribution in [0, 0.1) is 5.92 Å². The molecule has 17 heteroatoms. The average Bonchev–Trinajstić information content (AvgIpc) is 3.28. The van der Waals surface area contributed by atoms with Crippen LogP contribution in [0.15, 0.2) is 36.9 Å². The van der Waals surface area contributed by atoms with E-state index in [2.05, 4.69) is 47.5 Å². The highest BCUT2D eigenvalue weighted by Gasteiger charge is 2.50. The summed E-state index contributed by atoms with van der Waals surface area (Å²) < 4.78 is 46.1. The maximum Gasteiger partial charge on any atom is 0.408 e. The van der Waals surface area contributed by atoms with Crippen molar-refractivity contribution in [3.8, 4) is 11.5 Å². The van der Waals surface area contributed by atoms with E-state index in [1.165, 1.54) is 20.2 Å². The zero-order valence-electron chi connectivity index (χ0n) is 27.9. The van der Waals surface area contributed by atoms with Crippen LogP contribution in [0.5, 0.6) is 11.5 Å². The summed E-state index contributed by atoms with van der Waals surface area (Å²) in [6.07, 6.45) is -7.22. The van der Waals surface area contributed by atoms with Crippen LogP contribution >= 0.6 is 31.9 Å². The molecule has 1 aromatic heterocycles. The predicted molar refractivity (Wildman–Crippen MR) is 179 cm³/mol. The number of alkyl halides is 1. The van der Waals surface area contributed by atoms with E-state index in [4.69, 9.17) is 23.7 Å². The molecule has 0 saturated carbocycles. The molecule has 1 saturated heterocycles. The molecule has 1 fully saturated rings. The van der Waals surface area contributed by atoms with E-state index in [1.807, 2.05) is 0 Å². The SMILES string of the molecule is CCc1cn([C@@H]2O[C@H](CNC(=O)[C@H](C)Oc3cc(OC)c(Br)cc3Br)[C@@H](OC(=O)[C@@H](NC(=O)OC(C)(C)C)C(C)C)[C@H]2F)c(=O)[nH]c1=O. The lowest BCUT2D eigenvalue weighted by atomic mass is 10.0. The van der Waals surface area contributed by atoms with Gasteiger partial charge in [0.2, 0.25) is 0 Å². The second-order valence-corrected chi connectivity index (χ2v) is 14.1. The van der Waals surface area contributed by atoms with Crippen molar-refractivity contribution in [3.63, 3.8) is 0 Å². The van der Waals surface area contributed by atoms with Crippen LogP contribution < -0.4 is 31.4 Å². The van der Waals surface area contributed by atoms with Gasteiger partial charge in [-0.3, -0.25) is 19.1 Å². The summed E-state index contributed by atoms with van der Waals surface area (Å²) in [4.78, 5) is 66.0. The summed E-state index contributed by atoms with van der Waals surface area (Å²) in [6, 6.07) is 2.03. The van der Waals surface area contributed by atoms with Crippen molar-refractivity contribution in [3.05, 3.63) is 53.7 Å². The van der Waals surface area contributed by atoms with Gasteiger partial charge in [0.15, 0.2) is 24.6 Å². The maximum atomic E-state index is 16.2. The van der Waals surface area contributed by atoms with Crippen molar-refractivity contribution >= 4 is 49.8 Å². The molecule has 266 valence electrons. The molecule has 0 bridgehead atoms. The minimum atomic E-state index is -2.13. The number of methoxy groups -OCH3 is 1. The molecule has 3 rings (SSSR count). The molecule has 14 nitrogen and oxygen atoms in total. The molecule has 2 heterocycles. The molecule has 1 aromatic carbocycles. The van der Waals surface area contributed by atoms with E-state index < -0.39 is 77.5 Å². The van der Waals surface area contributed by atoms with Gasteiger partial charge in [-0.15, -0.1) is 0 Å². The van der Waals surface area contributed by atoms with Crippen molar-refractivity contribution < 1.29 is 42.5 Å². The number of aryl methyl sites for hydroxylation is 1. The van der Waals surface area contributed by atoms with Crippen molar-refractivity contribution in [2.75, 3.05) is 13.7 Å². The number of aromatic amines is 1. The number of H-pyrrole nitrogens is 1. The Bertz CT molecular complexity index is 1610. The summed E-state index contributed by atoms with van der Waals surface area (Å²) in [6.45, 7) is 11.1. The topological polar surface area (TPSA) is 176 Å². The monoisotopic (exact) mass is 806 g/mol. The average molecular weight is 808 g/mol. The van der Waals surface area contributed by atoms with Crippen molar-refractivity contribution in [1.82, 2.24) is 20.2 Å². The van der Waals surface area contributed by atoms with Crippen LogP contribution in [0.1, 0.15) is 60.3 Å². The quantitative estimate of drug-likeness (QED) is 0.267. The van der Waals surface area contributed by atoms with Gasteiger partial charge in [-0.1, -0.05) is 20.8 Å². The lowest BCUT2D eigenvalue weighted by Gasteiger charge is -2.27. The number of aromatic nitrogens is 2. The van der Waals surface area contributed by atoms with Crippen LogP contribution in [0.2, 0.25) is 0 Å². The molecule has 0 radical (unpaired) electrons. The number of rotatable bonds is 12. The standard InChI is InChI=1S/C31H41Br2FN4O10/c1-9-16-13-38(29(42)37-26(16)40)27-22(34)24(47-28(41)23(14(2)3)36-30(43)48-31(5,6)7)21(46-27)12-35-25(39)15(4)45-20-11-19(44-8)17(32)10-18(20)33/h10-11,13-15,21-24,27H,9,12H2,1-8H3,(H,35,39)(H,36,43)(H,37,40,42)/t15-,21+,22+,23-,24+,27+/m0/s1. The zero-order chi connectivity index (χ0) is 36.1. The molecule has 6 atom stereocenters. The van der Waals surface area contributed by atoms with E-state index in [-0.39, 0.29) is 18.5 Å². The van der Waals surface area contributed by atoms with Gasteiger partial charge < -0.3 is 34.3 Å². The number of benzene rings is 1. The van der Waals surface area contributed by atoms with Gasteiger partial charge in [-0.2, -0.15) is 0 Å². The number of hydrogen-bond donors (Lipinski definition) is 3. The Morgan fingerprint density at radius 3 is 2.33 bits per heavy atom. The number of amides is 2. The van der Waals surface area contributed by atoms with Gasteiger partial charge in [0.1, 0.15) is 29.2 Å². The molecule has 0 aliphatic carbocycles. The Hall–Kier alpha value is -3.44. The van der Waals surface area contributed by atoms with Crippen LogP contribution in [0.3, 0.4) is 0 Å². The van der Waals surface area contributed by atoms with Gasteiger partial charge in [0, 0.05) is 24.4 Å². The summed E-state index contributed by atoms with van der Waals surface area (Å²) in [5.41, 5.74) is -2.23. The van der Waals surface area contributed by atoms with Gasteiger partial charge in [-0.25, -0.2) is 18.8 Å². The van der Waals surface area contributed by atoms with E-state index in [0.717, 1.165) is 4.57 Å². The first-order chi connectivity index (χ1) is 22.4. The van der Waals surface area contributed by atoms with Gasteiger partial charge in [0.05, 0.1) is 16.1 Å². The fourth-order valence-corrected chi connectivity index (χ4v) is 5.93.